The van der Waals surface area contributed by atoms with Gasteiger partial charge < -0.3 is 10.4 Å². The predicted octanol–water partition coefficient (Wildman–Crippen LogP) is 2.70. The standard InChI is InChI=1S/C23H27FN4O4/c24-18-9-6-15(7-10-18)17(14-22(31)32)13-21(30)28-27-20(29)5-1-4-19-11-8-16-3-2-12-25-23(16)26-19/h6-11,17H,1-5,12-14H2,(H,25,26)(H,27,29)(H,28,30)(H,31,32). The number of carboxylic acid groups (broad SMARTS) is 1. The van der Waals surface area contributed by atoms with Crippen LogP contribution in [0.5, 0.6) is 0 Å². The number of carboxylic acids is 1. The molecule has 1 unspecified atom stereocenters. The number of carbonyl (C=O) groups is 3. The first-order valence-electron chi connectivity index (χ1n) is 10.7. The minimum absolute atomic E-state index is 0.149. The monoisotopic (exact) mass is 442 g/mol. The minimum atomic E-state index is -1.07. The lowest BCUT2D eigenvalue weighted by molar-refractivity contribution is -0.137. The first-order chi connectivity index (χ1) is 15.4. The maximum atomic E-state index is 13.1. The van der Waals surface area contributed by atoms with E-state index < -0.39 is 23.6 Å². The normalized spacial score (nSPS) is 13.4. The molecule has 3 rings (SSSR count). The van der Waals surface area contributed by atoms with Gasteiger partial charge in [-0.25, -0.2) is 9.37 Å². The number of pyridine rings is 1. The molecule has 0 aliphatic carbocycles. The van der Waals surface area contributed by atoms with Crippen molar-refractivity contribution in [1.82, 2.24) is 15.8 Å². The summed E-state index contributed by atoms with van der Waals surface area (Å²) in [5.74, 6) is -2.08. The Morgan fingerprint density at radius 2 is 1.81 bits per heavy atom. The van der Waals surface area contributed by atoms with Gasteiger partial charge in [0.15, 0.2) is 0 Å². The van der Waals surface area contributed by atoms with Crippen LogP contribution in [0.1, 0.15) is 54.8 Å². The largest absolute Gasteiger partial charge is 0.481 e. The average Bonchev–Trinajstić information content (AvgIpc) is 2.77. The van der Waals surface area contributed by atoms with Gasteiger partial charge in [0.05, 0.1) is 6.42 Å². The SMILES string of the molecule is O=C(O)CC(CC(=O)NNC(=O)CCCc1ccc2c(n1)NCCC2)c1ccc(F)cc1. The van der Waals surface area contributed by atoms with E-state index in [1.807, 2.05) is 6.07 Å². The molecule has 2 amide bonds. The quantitative estimate of drug-likeness (QED) is 0.443. The highest BCUT2D eigenvalue weighted by molar-refractivity contribution is 5.82. The summed E-state index contributed by atoms with van der Waals surface area (Å²) < 4.78 is 13.1. The molecule has 0 saturated heterocycles. The number of hydrogen-bond donors (Lipinski definition) is 4. The molecule has 9 heteroatoms. The fourth-order valence-electron chi connectivity index (χ4n) is 3.67. The molecule has 0 saturated carbocycles. The lowest BCUT2D eigenvalue weighted by atomic mass is 9.92. The van der Waals surface area contributed by atoms with Crippen molar-refractivity contribution in [2.75, 3.05) is 11.9 Å². The van der Waals surface area contributed by atoms with Crippen molar-refractivity contribution < 1.29 is 23.9 Å². The number of benzene rings is 1. The van der Waals surface area contributed by atoms with Crippen LogP contribution in [0.4, 0.5) is 10.2 Å². The molecular weight excluding hydrogens is 415 g/mol. The van der Waals surface area contributed by atoms with Gasteiger partial charge >= 0.3 is 5.97 Å². The second kappa shape index (κ2) is 11.2. The van der Waals surface area contributed by atoms with Gasteiger partial charge in [0, 0.05) is 31.0 Å². The van der Waals surface area contributed by atoms with Crippen LogP contribution >= 0.6 is 0 Å². The van der Waals surface area contributed by atoms with Gasteiger partial charge in [-0.05, 0) is 55.0 Å². The Bertz CT molecular complexity index is 965. The Labute approximate surface area is 185 Å². The van der Waals surface area contributed by atoms with Gasteiger partial charge in [-0.2, -0.15) is 0 Å². The molecule has 4 N–H and O–H groups in total. The van der Waals surface area contributed by atoms with Crippen LogP contribution in [-0.2, 0) is 27.2 Å². The van der Waals surface area contributed by atoms with Crippen LogP contribution in [0, 0.1) is 5.82 Å². The van der Waals surface area contributed by atoms with Crippen molar-refractivity contribution in [1.29, 1.82) is 0 Å². The summed E-state index contributed by atoms with van der Waals surface area (Å²) in [6, 6.07) is 9.40. The number of nitrogens with one attached hydrogen (secondary N) is 3. The molecule has 1 aromatic heterocycles. The Kier molecular flexibility index (Phi) is 8.13. The van der Waals surface area contributed by atoms with Gasteiger partial charge in [0.1, 0.15) is 11.6 Å². The second-order valence-corrected chi connectivity index (χ2v) is 7.84. The zero-order valence-electron chi connectivity index (χ0n) is 17.7. The number of aliphatic carboxylic acids is 1. The fourth-order valence-corrected chi connectivity index (χ4v) is 3.67. The number of amides is 2. The molecule has 1 atom stereocenters. The van der Waals surface area contributed by atoms with Gasteiger partial charge in [0.25, 0.3) is 0 Å². The zero-order chi connectivity index (χ0) is 22.9. The Morgan fingerprint density at radius 1 is 1.06 bits per heavy atom. The van der Waals surface area contributed by atoms with E-state index >= 15 is 0 Å². The molecule has 0 spiro atoms. The summed E-state index contributed by atoms with van der Waals surface area (Å²) in [6.07, 6.45) is 3.11. The maximum Gasteiger partial charge on any atom is 0.303 e. The molecule has 170 valence electrons. The molecular formula is C23H27FN4O4. The fraction of sp³-hybridized carbons (Fsp3) is 0.391. The van der Waals surface area contributed by atoms with E-state index in [9.17, 15) is 18.8 Å². The minimum Gasteiger partial charge on any atom is -0.481 e. The zero-order valence-corrected chi connectivity index (χ0v) is 17.7. The van der Waals surface area contributed by atoms with Gasteiger partial charge in [0.2, 0.25) is 11.8 Å². The Balaban J connectivity index is 1.41. The molecule has 2 aromatic rings. The van der Waals surface area contributed by atoms with Crippen molar-refractivity contribution in [3.63, 3.8) is 0 Å². The number of aryl methyl sites for hydroxylation is 2. The van der Waals surface area contributed by atoms with Crippen LogP contribution in [0.15, 0.2) is 36.4 Å². The molecule has 8 nitrogen and oxygen atoms in total. The molecule has 0 radical (unpaired) electrons. The molecule has 32 heavy (non-hydrogen) atoms. The Morgan fingerprint density at radius 3 is 2.56 bits per heavy atom. The van der Waals surface area contributed by atoms with Gasteiger partial charge in [-0.1, -0.05) is 18.2 Å². The lowest BCUT2D eigenvalue weighted by Gasteiger charge is -2.17. The van der Waals surface area contributed by atoms with Crippen LogP contribution in [0.3, 0.4) is 0 Å². The van der Waals surface area contributed by atoms with E-state index in [2.05, 4.69) is 27.2 Å². The second-order valence-electron chi connectivity index (χ2n) is 7.84. The Hall–Kier alpha value is -3.49. The number of hydrogen-bond acceptors (Lipinski definition) is 5. The lowest BCUT2D eigenvalue weighted by Crippen LogP contribution is -2.42. The number of hydrazine groups is 1. The number of fused-ring (bicyclic) bond motifs is 1. The number of anilines is 1. The number of rotatable bonds is 9. The van der Waals surface area contributed by atoms with Crippen molar-refractivity contribution in [3.8, 4) is 0 Å². The molecule has 2 heterocycles. The molecule has 0 fully saturated rings. The highest BCUT2D eigenvalue weighted by Crippen LogP contribution is 2.24. The van der Waals surface area contributed by atoms with E-state index in [-0.39, 0.29) is 25.2 Å². The average molecular weight is 442 g/mol. The van der Waals surface area contributed by atoms with Crippen molar-refractivity contribution >= 4 is 23.6 Å². The van der Waals surface area contributed by atoms with E-state index in [1.54, 1.807) is 0 Å². The topological polar surface area (TPSA) is 120 Å². The third-order valence-corrected chi connectivity index (χ3v) is 5.32. The van der Waals surface area contributed by atoms with E-state index in [0.29, 0.717) is 18.4 Å². The molecule has 1 aliphatic heterocycles. The number of carbonyl (C=O) groups excluding carboxylic acids is 2. The van der Waals surface area contributed by atoms with Gasteiger partial charge in [-0.3, -0.25) is 25.2 Å². The van der Waals surface area contributed by atoms with Crippen molar-refractivity contribution in [3.05, 3.63) is 59.0 Å². The van der Waals surface area contributed by atoms with Crippen LogP contribution in [0.2, 0.25) is 0 Å². The van der Waals surface area contributed by atoms with E-state index in [0.717, 1.165) is 30.9 Å². The third kappa shape index (κ3) is 7.04. The van der Waals surface area contributed by atoms with Crippen LogP contribution in [-0.4, -0.2) is 34.4 Å². The highest BCUT2D eigenvalue weighted by Gasteiger charge is 2.20. The summed E-state index contributed by atoms with van der Waals surface area (Å²) >= 11 is 0. The summed E-state index contributed by atoms with van der Waals surface area (Å²) in [4.78, 5) is 40.0. The summed E-state index contributed by atoms with van der Waals surface area (Å²) in [5.41, 5.74) is 7.35. The first kappa shape index (κ1) is 23.2. The summed E-state index contributed by atoms with van der Waals surface area (Å²) in [6.45, 7) is 0.917. The highest BCUT2D eigenvalue weighted by atomic mass is 19.1. The molecule has 1 aromatic carbocycles. The smallest absolute Gasteiger partial charge is 0.303 e. The van der Waals surface area contributed by atoms with Crippen molar-refractivity contribution in [2.24, 2.45) is 0 Å². The first-order valence-corrected chi connectivity index (χ1v) is 10.7. The summed E-state index contributed by atoms with van der Waals surface area (Å²) in [7, 11) is 0. The number of nitrogens with zero attached hydrogens (tertiary/aromatic N) is 1. The number of halogens is 1. The molecule has 1 aliphatic rings. The summed E-state index contributed by atoms with van der Waals surface area (Å²) in [5, 5.41) is 12.4. The van der Waals surface area contributed by atoms with Crippen LogP contribution in [0.25, 0.3) is 0 Å². The van der Waals surface area contributed by atoms with Gasteiger partial charge in [-0.15, -0.1) is 0 Å². The van der Waals surface area contributed by atoms with E-state index in [1.165, 1.54) is 29.8 Å². The maximum absolute atomic E-state index is 13.1. The molecule has 0 bridgehead atoms. The number of aromatic nitrogens is 1. The van der Waals surface area contributed by atoms with Crippen molar-refractivity contribution in [2.45, 2.75) is 50.9 Å². The van der Waals surface area contributed by atoms with Crippen LogP contribution < -0.4 is 16.2 Å². The predicted molar refractivity (Wildman–Crippen MR) is 116 cm³/mol. The van der Waals surface area contributed by atoms with E-state index in [4.69, 9.17) is 5.11 Å². The third-order valence-electron chi connectivity index (χ3n) is 5.32.